The van der Waals surface area contributed by atoms with E-state index in [0.717, 1.165) is 0 Å². The van der Waals surface area contributed by atoms with Crippen molar-refractivity contribution in [1.29, 1.82) is 0 Å². The number of nitrogens with one attached hydrogen (secondary N) is 1. The number of aromatic carboxylic acids is 1. The molecule has 0 amide bonds. The highest BCUT2D eigenvalue weighted by molar-refractivity contribution is 5.89. The highest BCUT2D eigenvalue weighted by Crippen LogP contribution is 2.31. The van der Waals surface area contributed by atoms with Gasteiger partial charge in [-0.05, 0) is 42.5 Å². The molecule has 0 unspecified atom stereocenters. The molecule has 3 aromatic rings. The second-order valence-corrected chi connectivity index (χ2v) is 5.93. The summed E-state index contributed by atoms with van der Waals surface area (Å²) in [4.78, 5) is 23.1. The number of ether oxygens (including phenoxy) is 2. The third-order valence-corrected chi connectivity index (χ3v) is 3.81. The van der Waals surface area contributed by atoms with Crippen LogP contribution in [0.2, 0.25) is 0 Å². The molecule has 6 heteroatoms. The number of hydrogen-bond donors (Lipinski definition) is 2. The van der Waals surface area contributed by atoms with Gasteiger partial charge in [-0.2, -0.15) is 0 Å². The van der Waals surface area contributed by atoms with Gasteiger partial charge in [0.05, 0.1) is 12.1 Å². The molecule has 0 aliphatic heterocycles. The van der Waals surface area contributed by atoms with Crippen LogP contribution in [-0.2, 0) is 4.79 Å². The second kappa shape index (κ2) is 9.23. The number of ketones is 1. The van der Waals surface area contributed by atoms with Crippen molar-refractivity contribution in [2.24, 2.45) is 0 Å². The maximum atomic E-state index is 12.1. The van der Waals surface area contributed by atoms with Crippen molar-refractivity contribution < 1.29 is 24.2 Å². The lowest BCUT2D eigenvalue weighted by Crippen LogP contribution is -2.21. The van der Waals surface area contributed by atoms with E-state index in [9.17, 15) is 9.59 Å². The molecular weight excluding hydrogens is 358 g/mol. The van der Waals surface area contributed by atoms with E-state index in [4.69, 9.17) is 14.6 Å². The van der Waals surface area contributed by atoms with Gasteiger partial charge in [0.2, 0.25) is 0 Å². The van der Waals surface area contributed by atoms with Gasteiger partial charge < -0.3 is 19.9 Å². The highest BCUT2D eigenvalue weighted by Gasteiger charge is 2.09. The van der Waals surface area contributed by atoms with E-state index in [0.29, 0.717) is 22.9 Å². The van der Waals surface area contributed by atoms with Crippen LogP contribution in [0.5, 0.6) is 17.2 Å². The fraction of sp³-hybridized carbons (Fsp3) is 0.0909. The van der Waals surface area contributed by atoms with Gasteiger partial charge >= 0.3 is 5.97 Å². The first-order chi connectivity index (χ1) is 13.6. The predicted molar refractivity (Wildman–Crippen MR) is 105 cm³/mol. The van der Waals surface area contributed by atoms with Gasteiger partial charge in [0.15, 0.2) is 17.3 Å². The number of carboxylic acid groups (broad SMARTS) is 1. The monoisotopic (exact) mass is 377 g/mol. The Kier molecular flexibility index (Phi) is 6.25. The molecule has 3 rings (SSSR count). The zero-order valence-electron chi connectivity index (χ0n) is 15.0. The first-order valence-electron chi connectivity index (χ1n) is 8.65. The van der Waals surface area contributed by atoms with Crippen LogP contribution in [0.1, 0.15) is 10.4 Å². The van der Waals surface area contributed by atoms with E-state index in [1.165, 1.54) is 12.1 Å². The van der Waals surface area contributed by atoms with Gasteiger partial charge in [-0.15, -0.1) is 0 Å². The van der Waals surface area contributed by atoms with Gasteiger partial charge in [0, 0.05) is 5.69 Å². The van der Waals surface area contributed by atoms with Crippen molar-refractivity contribution in [3.8, 4) is 17.2 Å². The van der Waals surface area contributed by atoms with Gasteiger partial charge in [-0.25, -0.2) is 4.79 Å². The van der Waals surface area contributed by atoms with E-state index < -0.39 is 5.97 Å². The van der Waals surface area contributed by atoms with Crippen LogP contribution in [0.3, 0.4) is 0 Å². The minimum Gasteiger partial charge on any atom is -0.482 e. The Balaban J connectivity index is 1.55. The maximum Gasteiger partial charge on any atom is 0.335 e. The molecule has 0 saturated carbocycles. The number of anilines is 1. The fourth-order valence-corrected chi connectivity index (χ4v) is 2.44. The van der Waals surface area contributed by atoms with Gasteiger partial charge in [0.25, 0.3) is 0 Å². The first-order valence-corrected chi connectivity index (χ1v) is 8.65. The Labute approximate surface area is 162 Å². The number of benzene rings is 3. The number of carbonyl (C=O) groups excluding carboxylic acids is 1. The average molecular weight is 377 g/mol. The number of carbonyl (C=O) groups is 2. The SMILES string of the molecule is O=C(CNc1cccc(C(=O)O)c1)COc1ccccc1Oc1ccccc1. The molecule has 0 aromatic heterocycles. The first kappa shape index (κ1) is 19.0. The molecule has 2 N–H and O–H groups in total. The normalized spacial score (nSPS) is 10.1. The fourth-order valence-electron chi connectivity index (χ4n) is 2.44. The van der Waals surface area contributed by atoms with Crippen molar-refractivity contribution >= 4 is 17.4 Å². The number of Topliss-reactive ketones (excluding diaryl/α,β-unsaturated/α-hetero) is 1. The molecular formula is C22H19NO5. The molecule has 0 atom stereocenters. The Bertz CT molecular complexity index is 956. The van der Waals surface area contributed by atoms with Crippen LogP contribution in [0.4, 0.5) is 5.69 Å². The third kappa shape index (κ3) is 5.35. The second-order valence-electron chi connectivity index (χ2n) is 5.93. The van der Waals surface area contributed by atoms with E-state index in [1.807, 2.05) is 36.4 Å². The topological polar surface area (TPSA) is 84.9 Å². The summed E-state index contributed by atoms with van der Waals surface area (Å²) in [6.07, 6.45) is 0. The molecule has 0 aliphatic carbocycles. The Morgan fingerprint density at radius 1 is 0.857 bits per heavy atom. The lowest BCUT2D eigenvalue weighted by atomic mass is 10.2. The number of para-hydroxylation sites is 3. The summed E-state index contributed by atoms with van der Waals surface area (Å²) in [6.45, 7) is -0.119. The third-order valence-electron chi connectivity index (χ3n) is 3.81. The summed E-state index contributed by atoms with van der Waals surface area (Å²) >= 11 is 0. The highest BCUT2D eigenvalue weighted by atomic mass is 16.5. The van der Waals surface area contributed by atoms with Crippen molar-refractivity contribution in [1.82, 2.24) is 0 Å². The van der Waals surface area contributed by atoms with Crippen molar-refractivity contribution in [2.45, 2.75) is 0 Å². The van der Waals surface area contributed by atoms with Gasteiger partial charge in [-0.3, -0.25) is 4.79 Å². The molecule has 0 aliphatic rings. The lowest BCUT2D eigenvalue weighted by molar-refractivity contribution is -0.119. The van der Waals surface area contributed by atoms with Crippen molar-refractivity contribution in [3.05, 3.63) is 84.4 Å². The van der Waals surface area contributed by atoms with Gasteiger partial charge in [0.1, 0.15) is 12.4 Å². The van der Waals surface area contributed by atoms with Crippen LogP contribution in [0.15, 0.2) is 78.9 Å². The Morgan fingerprint density at radius 2 is 1.57 bits per heavy atom. The van der Waals surface area contributed by atoms with Crippen molar-refractivity contribution in [3.63, 3.8) is 0 Å². The molecule has 6 nitrogen and oxygen atoms in total. The minimum absolute atomic E-state index is 0.0186. The summed E-state index contributed by atoms with van der Waals surface area (Å²) < 4.78 is 11.4. The molecule has 0 saturated heterocycles. The lowest BCUT2D eigenvalue weighted by Gasteiger charge is -2.12. The molecule has 0 fully saturated rings. The standard InChI is InChI=1S/C22H19NO5/c24-18(14-23-17-8-6-7-16(13-17)22(25)26)15-27-20-11-4-5-12-21(20)28-19-9-2-1-3-10-19/h1-13,23H,14-15H2,(H,25,26). The van der Waals surface area contributed by atoms with E-state index >= 15 is 0 Å². The number of rotatable bonds is 9. The van der Waals surface area contributed by atoms with Crippen LogP contribution in [-0.4, -0.2) is 30.0 Å². The quantitative estimate of drug-likeness (QED) is 0.580. The van der Waals surface area contributed by atoms with Crippen LogP contribution >= 0.6 is 0 Å². The Morgan fingerprint density at radius 3 is 2.32 bits per heavy atom. The zero-order chi connectivity index (χ0) is 19.8. The molecule has 0 bridgehead atoms. The molecule has 0 heterocycles. The van der Waals surface area contributed by atoms with Crippen molar-refractivity contribution in [2.75, 3.05) is 18.5 Å². The molecule has 28 heavy (non-hydrogen) atoms. The van der Waals surface area contributed by atoms with Crippen LogP contribution in [0.25, 0.3) is 0 Å². The van der Waals surface area contributed by atoms with Crippen LogP contribution < -0.4 is 14.8 Å². The van der Waals surface area contributed by atoms with Crippen LogP contribution in [0, 0.1) is 0 Å². The van der Waals surface area contributed by atoms with Gasteiger partial charge in [-0.1, -0.05) is 36.4 Å². The van der Waals surface area contributed by atoms with E-state index in [2.05, 4.69) is 5.32 Å². The average Bonchev–Trinajstić information content (AvgIpc) is 2.72. The maximum absolute atomic E-state index is 12.1. The molecule has 0 radical (unpaired) electrons. The summed E-state index contributed by atoms with van der Waals surface area (Å²) in [5.74, 6) is 0.449. The summed E-state index contributed by atoms with van der Waals surface area (Å²) in [5, 5.41) is 11.9. The molecule has 0 spiro atoms. The number of carboxylic acids is 1. The predicted octanol–water partition coefficient (Wildman–Crippen LogP) is 4.24. The zero-order valence-corrected chi connectivity index (χ0v) is 15.0. The number of hydrogen-bond acceptors (Lipinski definition) is 5. The summed E-state index contributed by atoms with van der Waals surface area (Å²) in [6, 6.07) is 22.7. The largest absolute Gasteiger partial charge is 0.482 e. The smallest absolute Gasteiger partial charge is 0.335 e. The summed E-state index contributed by atoms with van der Waals surface area (Å²) in [5.41, 5.74) is 0.710. The Hall–Kier alpha value is -3.80. The van der Waals surface area contributed by atoms with E-state index in [1.54, 1.807) is 30.3 Å². The molecule has 142 valence electrons. The molecule has 3 aromatic carbocycles. The summed E-state index contributed by atoms with van der Waals surface area (Å²) in [7, 11) is 0. The van der Waals surface area contributed by atoms with E-state index in [-0.39, 0.29) is 24.5 Å². The minimum atomic E-state index is -1.02.